The minimum absolute atomic E-state index is 0.111. The first kappa shape index (κ1) is 13.1. The van der Waals surface area contributed by atoms with Crippen LogP contribution in [0.3, 0.4) is 0 Å². The first-order chi connectivity index (χ1) is 9.65. The van der Waals surface area contributed by atoms with Gasteiger partial charge in [0.1, 0.15) is 0 Å². The van der Waals surface area contributed by atoms with Crippen molar-refractivity contribution in [1.82, 2.24) is 15.0 Å². The van der Waals surface area contributed by atoms with Crippen LogP contribution in [0.1, 0.15) is 27.2 Å². The molecular formula is C15H16N4S. The van der Waals surface area contributed by atoms with Gasteiger partial charge in [0.05, 0.1) is 21.7 Å². The molecule has 3 rings (SSSR count). The fourth-order valence-corrected chi connectivity index (χ4v) is 3.23. The van der Waals surface area contributed by atoms with Crippen molar-refractivity contribution in [2.45, 2.75) is 26.3 Å². The second-order valence-corrected chi connectivity index (χ2v) is 6.12. The molecule has 0 aliphatic rings. The van der Waals surface area contributed by atoms with E-state index in [0.717, 1.165) is 33.7 Å². The van der Waals surface area contributed by atoms with Gasteiger partial charge in [-0.25, -0.2) is 4.98 Å². The van der Waals surface area contributed by atoms with E-state index in [2.05, 4.69) is 21.9 Å². The molecule has 0 amide bonds. The van der Waals surface area contributed by atoms with E-state index in [4.69, 9.17) is 5.73 Å². The van der Waals surface area contributed by atoms with Gasteiger partial charge in [-0.2, -0.15) is 0 Å². The van der Waals surface area contributed by atoms with Crippen LogP contribution in [0, 0.1) is 13.8 Å². The Balaban J connectivity index is 1.94. The summed E-state index contributed by atoms with van der Waals surface area (Å²) in [5.74, 6) is 0. The SMILES string of the molecule is Cc1nc(CC(N)c2cccc3nccnc23)sc1C. The lowest BCUT2D eigenvalue weighted by Gasteiger charge is -2.12. The molecule has 0 aliphatic carbocycles. The van der Waals surface area contributed by atoms with Crippen molar-refractivity contribution in [2.75, 3.05) is 0 Å². The van der Waals surface area contributed by atoms with Crippen molar-refractivity contribution in [3.8, 4) is 0 Å². The number of thiazole rings is 1. The highest BCUT2D eigenvalue weighted by Gasteiger charge is 2.14. The van der Waals surface area contributed by atoms with Gasteiger partial charge < -0.3 is 5.73 Å². The summed E-state index contributed by atoms with van der Waals surface area (Å²) >= 11 is 1.72. The van der Waals surface area contributed by atoms with Crippen molar-refractivity contribution in [3.63, 3.8) is 0 Å². The lowest BCUT2D eigenvalue weighted by molar-refractivity contribution is 0.720. The van der Waals surface area contributed by atoms with Crippen LogP contribution in [0.2, 0.25) is 0 Å². The zero-order valence-corrected chi connectivity index (χ0v) is 12.3. The Morgan fingerprint density at radius 3 is 2.75 bits per heavy atom. The summed E-state index contributed by atoms with van der Waals surface area (Å²) in [4.78, 5) is 14.5. The number of hydrogen-bond acceptors (Lipinski definition) is 5. The number of nitrogens with zero attached hydrogens (tertiary/aromatic N) is 3. The van der Waals surface area contributed by atoms with Crippen LogP contribution in [0.15, 0.2) is 30.6 Å². The maximum atomic E-state index is 6.35. The predicted molar refractivity (Wildman–Crippen MR) is 81.8 cm³/mol. The lowest BCUT2D eigenvalue weighted by atomic mass is 10.0. The molecule has 1 unspecified atom stereocenters. The average Bonchev–Trinajstić information content (AvgIpc) is 2.76. The fourth-order valence-electron chi connectivity index (χ4n) is 2.24. The molecule has 20 heavy (non-hydrogen) atoms. The summed E-state index contributed by atoms with van der Waals surface area (Å²) in [7, 11) is 0. The smallest absolute Gasteiger partial charge is 0.0949 e. The van der Waals surface area contributed by atoms with Crippen molar-refractivity contribution in [3.05, 3.63) is 51.7 Å². The second kappa shape index (κ2) is 5.26. The monoisotopic (exact) mass is 284 g/mol. The minimum atomic E-state index is -0.111. The van der Waals surface area contributed by atoms with Crippen molar-refractivity contribution >= 4 is 22.4 Å². The maximum Gasteiger partial charge on any atom is 0.0949 e. The molecule has 1 atom stereocenters. The second-order valence-electron chi connectivity index (χ2n) is 4.83. The molecule has 5 heteroatoms. The van der Waals surface area contributed by atoms with Gasteiger partial charge >= 0.3 is 0 Å². The Labute approximate surface area is 121 Å². The van der Waals surface area contributed by atoms with E-state index in [1.165, 1.54) is 4.88 Å². The van der Waals surface area contributed by atoms with Gasteiger partial charge in [0, 0.05) is 29.7 Å². The van der Waals surface area contributed by atoms with Gasteiger partial charge in [-0.05, 0) is 25.5 Å². The number of fused-ring (bicyclic) bond motifs is 1. The molecule has 102 valence electrons. The molecule has 1 aromatic carbocycles. The van der Waals surface area contributed by atoms with Crippen LogP contribution in [0.4, 0.5) is 0 Å². The first-order valence-electron chi connectivity index (χ1n) is 6.53. The van der Waals surface area contributed by atoms with Crippen LogP contribution in [-0.2, 0) is 6.42 Å². The third-order valence-electron chi connectivity index (χ3n) is 3.40. The zero-order chi connectivity index (χ0) is 14.1. The molecule has 2 N–H and O–H groups in total. The number of aryl methyl sites for hydroxylation is 2. The molecule has 0 radical (unpaired) electrons. The topological polar surface area (TPSA) is 64.7 Å². The first-order valence-corrected chi connectivity index (χ1v) is 7.35. The highest BCUT2D eigenvalue weighted by molar-refractivity contribution is 7.11. The Morgan fingerprint density at radius 2 is 2.00 bits per heavy atom. The van der Waals surface area contributed by atoms with E-state index in [9.17, 15) is 0 Å². The maximum absolute atomic E-state index is 6.35. The number of rotatable bonds is 3. The van der Waals surface area contributed by atoms with Crippen LogP contribution in [0.25, 0.3) is 11.0 Å². The third kappa shape index (κ3) is 2.42. The Morgan fingerprint density at radius 1 is 1.20 bits per heavy atom. The van der Waals surface area contributed by atoms with E-state index in [1.807, 2.05) is 25.1 Å². The van der Waals surface area contributed by atoms with Crippen molar-refractivity contribution < 1.29 is 0 Å². The molecule has 2 heterocycles. The standard InChI is InChI=1S/C15H16N4S/c1-9-10(2)20-14(19-9)8-12(16)11-4-3-5-13-15(11)18-7-6-17-13/h3-7,12H,8,16H2,1-2H3. The lowest BCUT2D eigenvalue weighted by Crippen LogP contribution is -2.14. The van der Waals surface area contributed by atoms with Crippen molar-refractivity contribution in [1.29, 1.82) is 0 Å². The van der Waals surface area contributed by atoms with Crippen LogP contribution in [-0.4, -0.2) is 15.0 Å². The van der Waals surface area contributed by atoms with Crippen molar-refractivity contribution in [2.24, 2.45) is 5.73 Å². The number of nitrogens with two attached hydrogens (primary N) is 1. The average molecular weight is 284 g/mol. The van der Waals surface area contributed by atoms with Crippen LogP contribution in [0.5, 0.6) is 0 Å². The van der Waals surface area contributed by atoms with Crippen LogP contribution < -0.4 is 5.73 Å². The Bertz CT molecular complexity index is 726. The van der Waals surface area contributed by atoms with E-state index in [-0.39, 0.29) is 6.04 Å². The van der Waals surface area contributed by atoms with E-state index >= 15 is 0 Å². The number of para-hydroxylation sites is 1. The minimum Gasteiger partial charge on any atom is -0.324 e. The summed E-state index contributed by atoms with van der Waals surface area (Å²) in [6, 6.07) is 5.84. The number of hydrogen-bond donors (Lipinski definition) is 1. The molecule has 0 fully saturated rings. The third-order valence-corrected chi connectivity index (χ3v) is 4.49. The Hall–Kier alpha value is -1.85. The molecule has 3 aromatic rings. The molecule has 0 spiro atoms. The summed E-state index contributed by atoms with van der Waals surface area (Å²) in [6.45, 7) is 4.12. The van der Waals surface area contributed by atoms with Gasteiger partial charge in [0.25, 0.3) is 0 Å². The summed E-state index contributed by atoms with van der Waals surface area (Å²) in [5, 5.41) is 1.08. The molecule has 4 nitrogen and oxygen atoms in total. The molecular weight excluding hydrogens is 268 g/mol. The summed E-state index contributed by atoms with van der Waals surface area (Å²) in [6.07, 6.45) is 4.14. The molecule has 0 saturated carbocycles. The van der Waals surface area contributed by atoms with Gasteiger partial charge in [-0.3, -0.25) is 9.97 Å². The fraction of sp³-hybridized carbons (Fsp3) is 0.267. The number of aromatic nitrogens is 3. The quantitative estimate of drug-likeness (QED) is 0.803. The van der Waals surface area contributed by atoms with E-state index in [0.29, 0.717) is 0 Å². The van der Waals surface area contributed by atoms with E-state index in [1.54, 1.807) is 23.7 Å². The summed E-state index contributed by atoms with van der Waals surface area (Å²) < 4.78 is 0. The van der Waals surface area contributed by atoms with Crippen LogP contribution >= 0.6 is 11.3 Å². The molecule has 2 aromatic heterocycles. The summed E-state index contributed by atoms with van der Waals surface area (Å²) in [5.41, 5.74) is 10.2. The number of benzene rings is 1. The molecule has 0 bridgehead atoms. The Kier molecular flexibility index (Phi) is 3.46. The van der Waals surface area contributed by atoms with E-state index < -0.39 is 0 Å². The predicted octanol–water partition coefficient (Wildman–Crippen LogP) is 2.95. The molecule has 0 saturated heterocycles. The zero-order valence-electron chi connectivity index (χ0n) is 11.5. The normalized spacial score (nSPS) is 12.8. The van der Waals surface area contributed by atoms with Gasteiger partial charge in [-0.1, -0.05) is 12.1 Å². The van der Waals surface area contributed by atoms with Gasteiger partial charge in [-0.15, -0.1) is 11.3 Å². The van der Waals surface area contributed by atoms with Gasteiger partial charge in [0.15, 0.2) is 0 Å². The molecule has 0 aliphatic heterocycles. The largest absolute Gasteiger partial charge is 0.324 e. The highest BCUT2D eigenvalue weighted by Crippen LogP contribution is 2.25. The highest BCUT2D eigenvalue weighted by atomic mass is 32.1. The van der Waals surface area contributed by atoms with Gasteiger partial charge in [0.2, 0.25) is 0 Å².